The van der Waals surface area contributed by atoms with Crippen LogP contribution in [0.4, 0.5) is 5.82 Å². The SMILES string of the molecule is Cc1nn(-c2ccc(N3CCOCC3)nn2)c(C)c1CCC(=O)NCc1cccnc1. The van der Waals surface area contributed by atoms with Crippen LogP contribution < -0.4 is 10.2 Å². The summed E-state index contributed by atoms with van der Waals surface area (Å²) in [7, 11) is 0. The number of aryl methyl sites for hydroxylation is 1. The van der Waals surface area contributed by atoms with Crippen LogP contribution in [0.5, 0.6) is 0 Å². The predicted octanol–water partition coefficient (Wildman–Crippen LogP) is 1.76. The zero-order valence-corrected chi connectivity index (χ0v) is 17.9. The Balaban J connectivity index is 1.38. The monoisotopic (exact) mass is 421 g/mol. The Bertz CT molecular complexity index is 1010. The van der Waals surface area contributed by atoms with Crippen LogP contribution in [0.25, 0.3) is 5.82 Å². The fourth-order valence-corrected chi connectivity index (χ4v) is 3.68. The molecule has 4 heterocycles. The molecule has 0 atom stereocenters. The second-order valence-electron chi connectivity index (χ2n) is 7.55. The normalized spacial score (nSPS) is 13.9. The van der Waals surface area contributed by atoms with E-state index in [0.717, 1.165) is 41.4 Å². The third-order valence-corrected chi connectivity index (χ3v) is 5.44. The van der Waals surface area contributed by atoms with Crippen LogP contribution in [0.1, 0.15) is 28.9 Å². The van der Waals surface area contributed by atoms with E-state index in [9.17, 15) is 4.79 Å². The molecule has 162 valence electrons. The van der Waals surface area contributed by atoms with Crippen molar-refractivity contribution in [2.24, 2.45) is 0 Å². The summed E-state index contributed by atoms with van der Waals surface area (Å²) in [4.78, 5) is 18.5. The smallest absolute Gasteiger partial charge is 0.220 e. The highest BCUT2D eigenvalue weighted by Crippen LogP contribution is 2.19. The van der Waals surface area contributed by atoms with E-state index in [0.29, 0.717) is 38.4 Å². The lowest BCUT2D eigenvalue weighted by Gasteiger charge is -2.27. The fourth-order valence-electron chi connectivity index (χ4n) is 3.68. The highest BCUT2D eigenvalue weighted by molar-refractivity contribution is 5.76. The lowest BCUT2D eigenvalue weighted by molar-refractivity contribution is -0.121. The molecule has 0 aromatic carbocycles. The molecule has 0 unspecified atom stereocenters. The van der Waals surface area contributed by atoms with E-state index in [1.165, 1.54) is 0 Å². The number of hydrogen-bond acceptors (Lipinski definition) is 7. The lowest BCUT2D eigenvalue weighted by atomic mass is 10.1. The van der Waals surface area contributed by atoms with E-state index in [2.05, 4.69) is 30.5 Å². The van der Waals surface area contributed by atoms with Crippen LogP contribution in [-0.4, -0.2) is 57.2 Å². The van der Waals surface area contributed by atoms with Gasteiger partial charge in [-0.25, -0.2) is 4.68 Å². The second-order valence-corrected chi connectivity index (χ2v) is 7.55. The van der Waals surface area contributed by atoms with Gasteiger partial charge in [0.2, 0.25) is 5.91 Å². The van der Waals surface area contributed by atoms with Gasteiger partial charge in [0, 0.05) is 44.1 Å². The molecule has 1 saturated heterocycles. The largest absolute Gasteiger partial charge is 0.378 e. The maximum Gasteiger partial charge on any atom is 0.220 e. The molecule has 9 nitrogen and oxygen atoms in total. The summed E-state index contributed by atoms with van der Waals surface area (Å²) in [5, 5.41) is 16.3. The van der Waals surface area contributed by atoms with Gasteiger partial charge in [0.05, 0.1) is 18.9 Å². The van der Waals surface area contributed by atoms with E-state index in [-0.39, 0.29) is 5.91 Å². The number of carbonyl (C=O) groups is 1. The Hall–Kier alpha value is -3.33. The molecular weight excluding hydrogens is 394 g/mol. The van der Waals surface area contributed by atoms with E-state index in [1.54, 1.807) is 17.1 Å². The first-order valence-electron chi connectivity index (χ1n) is 10.5. The zero-order chi connectivity index (χ0) is 21.6. The number of hydrogen-bond donors (Lipinski definition) is 1. The Labute approximate surface area is 181 Å². The Morgan fingerprint density at radius 2 is 1.90 bits per heavy atom. The maximum atomic E-state index is 12.3. The van der Waals surface area contributed by atoms with Gasteiger partial charge in [-0.05, 0) is 49.6 Å². The van der Waals surface area contributed by atoms with Crippen molar-refractivity contribution in [3.05, 3.63) is 59.2 Å². The first-order valence-corrected chi connectivity index (χ1v) is 10.5. The molecule has 3 aromatic heterocycles. The molecule has 0 radical (unpaired) electrons. The number of anilines is 1. The third-order valence-electron chi connectivity index (χ3n) is 5.44. The number of amides is 1. The molecule has 3 aromatic rings. The molecule has 9 heteroatoms. The van der Waals surface area contributed by atoms with Gasteiger partial charge < -0.3 is 15.0 Å². The van der Waals surface area contributed by atoms with Gasteiger partial charge in [0.15, 0.2) is 11.6 Å². The summed E-state index contributed by atoms with van der Waals surface area (Å²) in [5.41, 5.74) is 3.92. The van der Waals surface area contributed by atoms with E-state index in [1.807, 2.05) is 38.1 Å². The third kappa shape index (κ3) is 5.05. The minimum Gasteiger partial charge on any atom is -0.378 e. The van der Waals surface area contributed by atoms with Gasteiger partial charge >= 0.3 is 0 Å². The number of rotatable bonds is 7. The van der Waals surface area contributed by atoms with Gasteiger partial charge in [-0.1, -0.05) is 6.07 Å². The minimum atomic E-state index is 0.00468. The van der Waals surface area contributed by atoms with Crippen LogP contribution in [0.2, 0.25) is 0 Å². The Kier molecular flexibility index (Phi) is 6.51. The molecule has 0 spiro atoms. The first-order chi connectivity index (χ1) is 15.1. The van der Waals surface area contributed by atoms with Crippen molar-refractivity contribution in [1.29, 1.82) is 0 Å². The lowest BCUT2D eigenvalue weighted by Crippen LogP contribution is -2.36. The molecule has 1 aliphatic heterocycles. The van der Waals surface area contributed by atoms with Crippen molar-refractivity contribution in [2.45, 2.75) is 33.2 Å². The molecule has 0 saturated carbocycles. The number of pyridine rings is 1. The van der Waals surface area contributed by atoms with Crippen LogP contribution in [-0.2, 0) is 22.5 Å². The molecule has 4 rings (SSSR count). The first kappa shape index (κ1) is 20.9. The molecule has 1 N–H and O–H groups in total. The predicted molar refractivity (Wildman–Crippen MR) is 116 cm³/mol. The molecule has 0 aliphatic carbocycles. The number of ether oxygens (including phenoxy) is 1. The number of nitrogens with zero attached hydrogens (tertiary/aromatic N) is 6. The molecule has 1 amide bonds. The summed E-state index contributed by atoms with van der Waals surface area (Å²) < 4.78 is 7.19. The van der Waals surface area contributed by atoms with E-state index < -0.39 is 0 Å². The van der Waals surface area contributed by atoms with Crippen molar-refractivity contribution in [2.75, 3.05) is 31.2 Å². The van der Waals surface area contributed by atoms with Crippen LogP contribution in [0, 0.1) is 13.8 Å². The number of morpholine rings is 1. The summed E-state index contributed by atoms with van der Waals surface area (Å²) in [5.74, 6) is 1.52. The van der Waals surface area contributed by atoms with Gasteiger partial charge in [-0.15, -0.1) is 10.2 Å². The summed E-state index contributed by atoms with van der Waals surface area (Å²) >= 11 is 0. The molecule has 0 bridgehead atoms. The zero-order valence-electron chi connectivity index (χ0n) is 17.9. The number of aromatic nitrogens is 5. The van der Waals surface area contributed by atoms with Gasteiger partial charge in [-0.2, -0.15) is 5.10 Å². The average molecular weight is 422 g/mol. The van der Waals surface area contributed by atoms with Crippen molar-refractivity contribution in [3.8, 4) is 5.82 Å². The van der Waals surface area contributed by atoms with Crippen molar-refractivity contribution < 1.29 is 9.53 Å². The van der Waals surface area contributed by atoms with Crippen LogP contribution in [0.15, 0.2) is 36.7 Å². The molecule has 1 fully saturated rings. The summed E-state index contributed by atoms with van der Waals surface area (Å²) in [6, 6.07) is 7.70. The Morgan fingerprint density at radius 1 is 1.13 bits per heavy atom. The standard InChI is InChI=1S/C22H27N7O2/c1-16-19(5-8-22(30)24-15-18-4-3-9-23-14-18)17(2)29(27-16)21-7-6-20(25-26-21)28-10-12-31-13-11-28/h3-4,6-7,9,14H,5,8,10-13,15H2,1-2H3,(H,24,30). The molecular formula is C22H27N7O2. The van der Waals surface area contributed by atoms with Crippen LogP contribution in [0.3, 0.4) is 0 Å². The second kappa shape index (κ2) is 9.65. The van der Waals surface area contributed by atoms with Gasteiger partial charge in [-0.3, -0.25) is 9.78 Å². The quantitative estimate of drug-likeness (QED) is 0.621. The summed E-state index contributed by atoms with van der Waals surface area (Å²) in [6.45, 7) is 7.50. The van der Waals surface area contributed by atoms with Gasteiger partial charge in [0.1, 0.15) is 0 Å². The Morgan fingerprint density at radius 3 is 2.61 bits per heavy atom. The highest BCUT2D eigenvalue weighted by atomic mass is 16.5. The topological polar surface area (TPSA) is 98.1 Å². The molecule has 1 aliphatic rings. The highest BCUT2D eigenvalue weighted by Gasteiger charge is 2.17. The fraction of sp³-hybridized carbons (Fsp3) is 0.409. The number of carbonyl (C=O) groups excluding carboxylic acids is 1. The van der Waals surface area contributed by atoms with E-state index >= 15 is 0 Å². The molecule has 31 heavy (non-hydrogen) atoms. The average Bonchev–Trinajstić information content (AvgIpc) is 3.11. The maximum absolute atomic E-state index is 12.3. The van der Waals surface area contributed by atoms with Crippen molar-refractivity contribution >= 4 is 11.7 Å². The van der Waals surface area contributed by atoms with E-state index in [4.69, 9.17) is 4.74 Å². The van der Waals surface area contributed by atoms with Gasteiger partial charge in [0.25, 0.3) is 0 Å². The van der Waals surface area contributed by atoms with Crippen molar-refractivity contribution in [3.63, 3.8) is 0 Å². The summed E-state index contributed by atoms with van der Waals surface area (Å²) in [6.07, 6.45) is 4.49. The van der Waals surface area contributed by atoms with Crippen molar-refractivity contribution in [1.82, 2.24) is 30.3 Å². The number of nitrogens with one attached hydrogen (secondary N) is 1. The minimum absolute atomic E-state index is 0.00468. The van der Waals surface area contributed by atoms with Crippen LogP contribution >= 0.6 is 0 Å².